The maximum absolute atomic E-state index is 12.0. The van der Waals surface area contributed by atoms with Crippen LogP contribution in [0, 0.1) is 0 Å². The lowest BCUT2D eigenvalue weighted by Crippen LogP contribution is -2.31. The van der Waals surface area contributed by atoms with Crippen LogP contribution in [0.2, 0.25) is 5.02 Å². The zero-order valence-corrected chi connectivity index (χ0v) is 15.4. The molecule has 2 heterocycles. The number of fused-ring (bicyclic) bond motifs is 1. The quantitative estimate of drug-likeness (QED) is 0.878. The molecule has 0 amide bonds. The van der Waals surface area contributed by atoms with Crippen LogP contribution in [0.4, 0.5) is 5.82 Å². The molecule has 8 heteroatoms. The molecule has 1 aromatic carbocycles. The fraction of sp³-hybridized carbons (Fsp3) is 0.500. The average molecular weight is 369 g/mol. The summed E-state index contributed by atoms with van der Waals surface area (Å²) in [5.41, 5.74) is 0.773. The van der Waals surface area contributed by atoms with Crippen molar-refractivity contribution < 1.29 is 8.42 Å². The lowest BCUT2D eigenvalue weighted by Gasteiger charge is -2.19. The van der Waals surface area contributed by atoms with E-state index in [1.165, 1.54) is 0 Å². The van der Waals surface area contributed by atoms with E-state index in [1.54, 1.807) is 19.9 Å². The van der Waals surface area contributed by atoms with E-state index < -0.39 is 15.3 Å². The second-order valence-corrected chi connectivity index (χ2v) is 8.99. The monoisotopic (exact) mass is 368 g/mol. The second-order valence-electron chi connectivity index (χ2n) is 6.23. The molecular formula is C16H21ClN4O2S. The van der Waals surface area contributed by atoms with Gasteiger partial charge in [-0.05, 0) is 44.9 Å². The Morgan fingerprint density at radius 1 is 1.25 bits per heavy atom. The van der Waals surface area contributed by atoms with E-state index in [0.717, 1.165) is 42.7 Å². The predicted molar refractivity (Wildman–Crippen MR) is 96.9 cm³/mol. The summed E-state index contributed by atoms with van der Waals surface area (Å²) in [5, 5.41) is 1.05. The summed E-state index contributed by atoms with van der Waals surface area (Å²) < 4.78 is 26.5. The van der Waals surface area contributed by atoms with E-state index >= 15 is 0 Å². The van der Waals surface area contributed by atoms with Crippen molar-refractivity contribution in [1.82, 2.24) is 14.7 Å². The van der Waals surface area contributed by atoms with Gasteiger partial charge in [0, 0.05) is 23.5 Å². The fourth-order valence-corrected chi connectivity index (χ4v) is 3.55. The number of halogens is 1. The number of nitrogens with zero attached hydrogens (tertiary/aromatic N) is 3. The van der Waals surface area contributed by atoms with Gasteiger partial charge in [0.2, 0.25) is 10.0 Å². The Hall–Kier alpha value is -1.44. The minimum atomic E-state index is -3.35. The van der Waals surface area contributed by atoms with Crippen molar-refractivity contribution in [1.29, 1.82) is 0 Å². The van der Waals surface area contributed by atoms with E-state index in [-0.39, 0.29) is 6.54 Å². The summed E-state index contributed by atoms with van der Waals surface area (Å²) in [6, 6.07) is 5.50. The minimum Gasteiger partial charge on any atom is -0.356 e. The molecule has 0 atom stereocenters. The van der Waals surface area contributed by atoms with Gasteiger partial charge in [0.1, 0.15) is 11.6 Å². The fourth-order valence-electron chi connectivity index (χ4n) is 2.71. The molecule has 1 aromatic heterocycles. The van der Waals surface area contributed by atoms with Crippen LogP contribution in [0.1, 0.15) is 32.5 Å². The first-order valence-electron chi connectivity index (χ1n) is 8.06. The van der Waals surface area contributed by atoms with Gasteiger partial charge in [0.25, 0.3) is 0 Å². The summed E-state index contributed by atoms with van der Waals surface area (Å²) in [6.07, 6.45) is 2.25. The van der Waals surface area contributed by atoms with E-state index in [9.17, 15) is 8.42 Å². The minimum absolute atomic E-state index is 0.0833. The molecule has 130 valence electrons. The van der Waals surface area contributed by atoms with Crippen molar-refractivity contribution in [2.45, 2.75) is 38.5 Å². The Morgan fingerprint density at radius 3 is 2.62 bits per heavy atom. The Bertz CT molecular complexity index is 849. The van der Waals surface area contributed by atoms with Crippen LogP contribution in [0.25, 0.3) is 10.9 Å². The molecule has 1 aliphatic heterocycles. The van der Waals surface area contributed by atoms with E-state index in [4.69, 9.17) is 11.6 Å². The number of nitrogens with one attached hydrogen (secondary N) is 1. The number of rotatable bonds is 5. The molecule has 1 N–H and O–H groups in total. The topological polar surface area (TPSA) is 75.2 Å². The highest BCUT2D eigenvalue weighted by molar-refractivity contribution is 7.90. The summed E-state index contributed by atoms with van der Waals surface area (Å²) >= 11 is 6.13. The standard InChI is InChI=1S/C16H21ClN4O2S/c1-11(2)24(22,23)18-10-15-19-14-6-5-12(17)9-13(14)16(20-15)21-7-3-4-8-21/h5-6,9,11,18H,3-4,7-8,10H2,1-2H3. The van der Waals surface area contributed by atoms with Crippen LogP contribution in [-0.2, 0) is 16.6 Å². The van der Waals surface area contributed by atoms with Crippen LogP contribution < -0.4 is 9.62 Å². The Morgan fingerprint density at radius 2 is 1.96 bits per heavy atom. The van der Waals surface area contributed by atoms with Crippen molar-refractivity contribution in [3.63, 3.8) is 0 Å². The second kappa shape index (κ2) is 6.82. The number of sulfonamides is 1. The first kappa shape index (κ1) is 17.4. The van der Waals surface area contributed by atoms with Crippen molar-refractivity contribution in [3.05, 3.63) is 29.0 Å². The molecule has 0 spiro atoms. The molecule has 24 heavy (non-hydrogen) atoms. The predicted octanol–water partition coefficient (Wildman–Crippen LogP) is 2.71. The van der Waals surface area contributed by atoms with E-state index in [1.807, 2.05) is 12.1 Å². The van der Waals surface area contributed by atoms with Crippen molar-refractivity contribution in [2.75, 3.05) is 18.0 Å². The number of benzene rings is 1. The van der Waals surface area contributed by atoms with Crippen LogP contribution in [0.5, 0.6) is 0 Å². The van der Waals surface area contributed by atoms with Gasteiger partial charge in [-0.25, -0.2) is 23.1 Å². The molecule has 1 aliphatic rings. The highest BCUT2D eigenvalue weighted by Gasteiger charge is 2.20. The summed E-state index contributed by atoms with van der Waals surface area (Å²) in [6.45, 7) is 5.24. The number of aromatic nitrogens is 2. The molecule has 6 nitrogen and oxygen atoms in total. The van der Waals surface area contributed by atoms with Crippen molar-refractivity contribution in [2.24, 2.45) is 0 Å². The highest BCUT2D eigenvalue weighted by Crippen LogP contribution is 2.29. The molecule has 0 unspecified atom stereocenters. The average Bonchev–Trinajstić information content (AvgIpc) is 3.06. The summed E-state index contributed by atoms with van der Waals surface area (Å²) in [4.78, 5) is 11.3. The first-order chi connectivity index (χ1) is 11.4. The third-order valence-corrected chi connectivity index (χ3v) is 6.16. The van der Waals surface area contributed by atoms with Crippen molar-refractivity contribution in [3.8, 4) is 0 Å². The first-order valence-corrected chi connectivity index (χ1v) is 9.99. The molecular weight excluding hydrogens is 348 g/mol. The number of anilines is 1. The SMILES string of the molecule is CC(C)S(=O)(=O)NCc1nc(N2CCCC2)c2cc(Cl)ccc2n1. The molecule has 2 aromatic rings. The Balaban J connectivity index is 1.99. The Kier molecular flexibility index (Phi) is 4.94. The smallest absolute Gasteiger partial charge is 0.214 e. The summed E-state index contributed by atoms with van der Waals surface area (Å²) in [7, 11) is -3.35. The maximum atomic E-state index is 12.0. The summed E-state index contributed by atoms with van der Waals surface area (Å²) in [5.74, 6) is 1.30. The molecule has 3 rings (SSSR count). The molecule has 0 radical (unpaired) electrons. The van der Waals surface area contributed by atoms with E-state index in [0.29, 0.717) is 10.8 Å². The van der Waals surface area contributed by atoms with Gasteiger partial charge in [0.05, 0.1) is 17.3 Å². The van der Waals surface area contributed by atoms with Gasteiger partial charge < -0.3 is 4.90 Å². The highest BCUT2D eigenvalue weighted by atomic mass is 35.5. The number of hydrogen-bond donors (Lipinski definition) is 1. The Labute approximate surface area is 147 Å². The van der Waals surface area contributed by atoms with Crippen molar-refractivity contribution >= 4 is 38.3 Å². The van der Waals surface area contributed by atoms with Gasteiger partial charge in [-0.3, -0.25) is 0 Å². The van der Waals surface area contributed by atoms with Gasteiger partial charge >= 0.3 is 0 Å². The van der Waals surface area contributed by atoms with Crippen LogP contribution >= 0.6 is 11.6 Å². The largest absolute Gasteiger partial charge is 0.356 e. The van der Waals surface area contributed by atoms with E-state index in [2.05, 4.69) is 19.6 Å². The van der Waals surface area contributed by atoms with Crippen LogP contribution in [0.3, 0.4) is 0 Å². The lowest BCUT2D eigenvalue weighted by atomic mass is 10.2. The van der Waals surface area contributed by atoms with Crippen LogP contribution in [0.15, 0.2) is 18.2 Å². The zero-order valence-electron chi connectivity index (χ0n) is 13.8. The molecule has 0 bridgehead atoms. The van der Waals surface area contributed by atoms with Gasteiger partial charge in [0.15, 0.2) is 0 Å². The molecule has 1 saturated heterocycles. The molecule has 0 aliphatic carbocycles. The number of hydrogen-bond acceptors (Lipinski definition) is 5. The third-order valence-electron chi connectivity index (χ3n) is 4.14. The molecule has 0 saturated carbocycles. The third kappa shape index (κ3) is 3.63. The van der Waals surface area contributed by atoms with Gasteiger partial charge in [-0.2, -0.15) is 0 Å². The normalized spacial score (nSPS) is 15.6. The van der Waals surface area contributed by atoms with Crippen LogP contribution in [-0.4, -0.2) is 36.7 Å². The molecule has 1 fully saturated rings. The maximum Gasteiger partial charge on any atom is 0.214 e. The van der Waals surface area contributed by atoms with Gasteiger partial charge in [-0.1, -0.05) is 11.6 Å². The lowest BCUT2D eigenvalue weighted by molar-refractivity contribution is 0.570. The van der Waals surface area contributed by atoms with Gasteiger partial charge in [-0.15, -0.1) is 0 Å². The zero-order chi connectivity index (χ0) is 17.3.